The molecule has 0 atom stereocenters. The van der Waals surface area contributed by atoms with Crippen LogP contribution in [0.15, 0.2) is 48.5 Å². The molecular weight excluding hydrogens is 398 g/mol. The van der Waals surface area contributed by atoms with Gasteiger partial charge in [-0.3, -0.25) is 15.6 Å². The van der Waals surface area contributed by atoms with E-state index in [1.165, 1.54) is 6.08 Å². The molecule has 0 spiro atoms. The standard InChI is InChI=1S/C20H22ClN3O3S/c1-26-17-9-7-14(13-18(17)27-2)11-12-22-20(28)24-23-19(25)10-8-15-5-3-4-6-16(15)21/h3-10,13H,11-12H2,1-2H3,(H,23,25)(H2,22,24,28)/b10-8+. The number of carbonyl (C=O) groups is 1. The van der Waals surface area contributed by atoms with Crippen molar-refractivity contribution < 1.29 is 14.3 Å². The summed E-state index contributed by atoms with van der Waals surface area (Å²) in [5.41, 5.74) is 6.98. The molecule has 148 valence electrons. The van der Waals surface area contributed by atoms with Gasteiger partial charge in [-0.1, -0.05) is 35.9 Å². The third kappa shape index (κ3) is 6.75. The van der Waals surface area contributed by atoms with Gasteiger partial charge in [0.2, 0.25) is 0 Å². The molecule has 2 aromatic rings. The Morgan fingerprint density at radius 2 is 1.86 bits per heavy atom. The molecule has 0 aliphatic heterocycles. The smallest absolute Gasteiger partial charge is 0.262 e. The van der Waals surface area contributed by atoms with Crippen LogP contribution in [-0.4, -0.2) is 31.8 Å². The lowest BCUT2D eigenvalue weighted by Crippen LogP contribution is -2.46. The number of benzene rings is 2. The van der Waals surface area contributed by atoms with Crippen molar-refractivity contribution in [2.75, 3.05) is 20.8 Å². The third-order valence-electron chi connectivity index (χ3n) is 3.77. The normalized spacial score (nSPS) is 10.4. The van der Waals surface area contributed by atoms with E-state index in [-0.39, 0.29) is 5.91 Å². The van der Waals surface area contributed by atoms with Gasteiger partial charge in [0.15, 0.2) is 16.6 Å². The van der Waals surface area contributed by atoms with Crippen molar-refractivity contribution >= 4 is 40.9 Å². The summed E-state index contributed by atoms with van der Waals surface area (Å²) in [4.78, 5) is 11.8. The molecule has 2 rings (SSSR count). The van der Waals surface area contributed by atoms with Crippen LogP contribution in [0.25, 0.3) is 6.08 Å². The first-order valence-corrected chi connectivity index (χ1v) is 9.29. The van der Waals surface area contributed by atoms with Crippen molar-refractivity contribution in [3.8, 4) is 11.5 Å². The summed E-state index contributed by atoms with van der Waals surface area (Å²) >= 11 is 11.2. The van der Waals surface area contributed by atoms with Crippen molar-refractivity contribution in [1.29, 1.82) is 0 Å². The minimum absolute atomic E-state index is 0.319. The molecule has 0 fully saturated rings. The molecule has 0 aromatic heterocycles. The molecule has 0 bridgehead atoms. The van der Waals surface area contributed by atoms with Crippen LogP contribution in [0, 0.1) is 0 Å². The van der Waals surface area contributed by atoms with E-state index in [1.807, 2.05) is 36.4 Å². The van der Waals surface area contributed by atoms with Crippen LogP contribution in [0.4, 0.5) is 0 Å². The van der Waals surface area contributed by atoms with E-state index in [9.17, 15) is 4.79 Å². The number of nitrogens with one attached hydrogen (secondary N) is 3. The highest BCUT2D eigenvalue weighted by atomic mass is 35.5. The zero-order chi connectivity index (χ0) is 20.4. The Balaban J connectivity index is 1.72. The van der Waals surface area contributed by atoms with Gasteiger partial charge in [0.1, 0.15) is 0 Å². The molecule has 0 heterocycles. The SMILES string of the molecule is COc1ccc(CCNC(=S)NNC(=O)/C=C/c2ccccc2Cl)cc1OC. The lowest BCUT2D eigenvalue weighted by atomic mass is 10.1. The number of amides is 1. The summed E-state index contributed by atoms with van der Waals surface area (Å²) in [6, 6.07) is 13.0. The third-order valence-corrected chi connectivity index (χ3v) is 4.36. The first-order chi connectivity index (χ1) is 13.5. The summed E-state index contributed by atoms with van der Waals surface area (Å²) in [5, 5.41) is 3.92. The largest absolute Gasteiger partial charge is 0.493 e. The number of hydrogen-bond donors (Lipinski definition) is 3. The highest BCUT2D eigenvalue weighted by Crippen LogP contribution is 2.27. The van der Waals surface area contributed by atoms with Crippen LogP contribution < -0.4 is 25.6 Å². The number of hydrazine groups is 1. The minimum atomic E-state index is -0.344. The number of methoxy groups -OCH3 is 2. The Morgan fingerprint density at radius 3 is 2.57 bits per heavy atom. The second-order valence-electron chi connectivity index (χ2n) is 5.66. The molecule has 0 aliphatic rings. The molecule has 2 aromatic carbocycles. The molecule has 3 N–H and O–H groups in total. The second-order valence-corrected chi connectivity index (χ2v) is 6.48. The van der Waals surface area contributed by atoms with Gasteiger partial charge in [-0.2, -0.15) is 0 Å². The predicted molar refractivity (Wildman–Crippen MR) is 116 cm³/mol. The average molecular weight is 420 g/mol. The fourth-order valence-corrected chi connectivity index (χ4v) is 2.69. The lowest BCUT2D eigenvalue weighted by Gasteiger charge is -2.12. The van der Waals surface area contributed by atoms with Crippen molar-refractivity contribution in [3.63, 3.8) is 0 Å². The van der Waals surface area contributed by atoms with Crippen molar-refractivity contribution in [2.24, 2.45) is 0 Å². The van der Waals surface area contributed by atoms with E-state index >= 15 is 0 Å². The van der Waals surface area contributed by atoms with Gasteiger partial charge in [0.05, 0.1) is 14.2 Å². The van der Waals surface area contributed by atoms with Gasteiger partial charge >= 0.3 is 0 Å². The summed E-state index contributed by atoms with van der Waals surface area (Å²) in [6.45, 7) is 0.590. The summed E-state index contributed by atoms with van der Waals surface area (Å²) in [7, 11) is 3.20. The molecule has 0 unspecified atom stereocenters. The number of carbonyl (C=O) groups excluding carboxylic acids is 1. The van der Waals surface area contributed by atoms with Crippen molar-refractivity contribution in [2.45, 2.75) is 6.42 Å². The maximum Gasteiger partial charge on any atom is 0.262 e. The molecule has 8 heteroatoms. The van der Waals surface area contributed by atoms with Crippen LogP contribution in [0.1, 0.15) is 11.1 Å². The number of rotatable bonds is 7. The minimum Gasteiger partial charge on any atom is -0.493 e. The highest BCUT2D eigenvalue weighted by molar-refractivity contribution is 7.80. The average Bonchev–Trinajstić information content (AvgIpc) is 2.71. The van der Waals surface area contributed by atoms with E-state index in [2.05, 4.69) is 16.2 Å². The van der Waals surface area contributed by atoms with Crippen LogP contribution in [-0.2, 0) is 11.2 Å². The second kappa shape index (κ2) is 11.2. The zero-order valence-corrected chi connectivity index (χ0v) is 17.2. The topological polar surface area (TPSA) is 71.6 Å². The Hall–Kier alpha value is -2.77. The maximum atomic E-state index is 11.8. The van der Waals surface area contributed by atoms with Gasteiger partial charge in [-0.15, -0.1) is 0 Å². The Labute approximate surface area is 174 Å². The molecule has 0 saturated heterocycles. The molecule has 28 heavy (non-hydrogen) atoms. The number of halogens is 1. The first-order valence-electron chi connectivity index (χ1n) is 8.51. The van der Waals surface area contributed by atoms with Crippen molar-refractivity contribution in [3.05, 3.63) is 64.7 Å². The summed E-state index contributed by atoms with van der Waals surface area (Å²) < 4.78 is 10.5. The van der Waals surface area contributed by atoms with Crippen LogP contribution in [0.2, 0.25) is 5.02 Å². The van der Waals surface area contributed by atoms with Gasteiger partial charge < -0.3 is 14.8 Å². The Bertz CT molecular complexity index is 858. The van der Waals surface area contributed by atoms with Crippen LogP contribution in [0.5, 0.6) is 11.5 Å². The lowest BCUT2D eigenvalue weighted by molar-refractivity contribution is -0.116. The Morgan fingerprint density at radius 1 is 1.11 bits per heavy atom. The fraction of sp³-hybridized carbons (Fsp3) is 0.200. The van der Waals surface area contributed by atoms with Crippen LogP contribution >= 0.6 is 23.8 Å². The van der Waals surface area contributed by atoms with E-state index in [4.69, 9.17) is 33.3 Å². The molecule has 0 radical (unpaired) electrons. The predicted octanol–water partition coefficient (Wildman–Crippen LogP) is 3.11. The Kier molecular flexibility index (Phi) is 8.58. The quantitative estimate of drug-likeness (QED) is 0.364. The van der Waals surface area contributed by atoms with Crippen molar-refractivity contribution in [1.82, 2.24) is 16.2 Å². The highest BCUT2D eigenvalue weighted by Gasteiger charge is 2.05. The molecule has 0 aliphatic carbocycles. The zero-order valence-electron chi connectivity index (χ0n) is 15.6. The van der Waals surface area contributed by atoms with Gasteiger partial charge in [-0.05, 0) is 54.0 Å². The first kappa shape index (κ1) is 21.5. The van der Waals surface area contributed by atoms with Crippen LogP contribution in [0.3, 0.4) is 0 Å². The molecular formula is C20H22ClN3O3S. The number of hydrogen-bond acceptors (Lipinski definition) is 4. The van der Waals surface area contributed by atoms with E-state index in [0.717, 1.165) is 17.5 Å². The molecule has 1 amide bonds. The summed E-state index contributed by atoms with van der Waals surface area (Å²) in [6.07, 6.45) is 3.73. The number of thiocarbonyl (C=S) groups is 1. The summed E-state index contributed by atoms with van der Waals surface area (Å²) in [5.74, 6) is 1.02. The molecule has 6 nitrogen and oxygen atoms in total. The van der Waals surface area contributed by atoms with E-state index in [1.54, 1.807) is 26.4 Å². The number of ether oxygens (including phenoxy) is 2. The maximum absolute atomic E-state index is 11.8. The van der Waals surface area contributed by atoms with Gasteiger partial charge in [-0.25, -0.2) is 0 Å². The molecule has 0 saturated carbocycles. The van der Waals surface area contributed by atoms with Gasteiger partial charge in [0.25, 0.3) is 5.91 Å². The van der Waals surface area contributed by atoms with E-state index < -0.39 is 0 Å². The fourth-order valence-electron chi connectivity index (χ4n) is 2.34. The monoisotopic (exact) mass is 419 g/mol. The van der Waals surface area contributed by atoms with Gasteiger partial charge in [0, 0.05) is 17.6 Å². The van der Waals surface area contributed by atoms with E-state index in [0.29, 0.717) is 28.2 Å².